The summed E-state index contributed by atoms with van der Waals surface area (Å²) < 4.78 is 17.1. The van der Waals surface area contributed by atoms with Crippen molar-refractivity contribution in [2.24, 2.45) is 0 Å². The standard InChI is InChI=1S/C29H28BrNO6/c1-6-37-24-15-18(8-12-23(24)36-5)26-25(27(32)19-9-11-22(35-4)20(30)14-19)28(33)29(34)31(26)21-10-7-16(2)13-17(21)3/h7-15,26,32H,6H2,1-5H3/b27-25+. The van der Waals surface area contributed by atoms with Crippen LogP contribution in [0.5, 0.6) is 17.2 Å². The zero-order valence-electron chi connectivity index (χ0n) is 21.3. The maximum Gasteiger partial charge on any atom is 0.300 e. The SMILES string of the molecule is CCOc1cc(C2/C(=C(\O)c3ccc(OC)c(Br)c3)C(=O)C(=O)N2c2ccc(C)cc2C)ccc1OC. The van der Waals surface area contributed by atoms with Gasteiger partial charge in [-0.1, -0.05) is 23.8 Å². The summed E-state index contributed by atoms with van der Waals surface area (Å²) in [5.41, 5.74) is 3.39. The molecule has 4 rings (SSSR count). The van der Waals surface area contributed by atoms with E-state index in [4.69, 9.17) is 14.2 Å². The molecular weight excluding hydrogens is 538 g/mol. The lowest BCUT2D eigenvalue weighted by atomic mass is 9.94. The van der Waals surface area contributed by atoms with E-state index in [1.807, 2.05) is 39.0 Å². The Morgan fingerprint density at radius 3 is 2.27 bits per heavy atom. The molecule has 0 aliphatic carbocycles. The molecule has 1 heterocycles. The van der Waals surface area contributed by atoms with Gasteiger partial charge in [-0.2, -0.15) is 0 Å². The van der Waals surface area contributed by atoms with Crippen molar-refractivity contribution in [1.29, 1.82) is 0 Å². The first-order valence-electron chi connectivity index (χ1n) is 11.7. The van der Waals surface area contributed by atoms with Crippen LogP contribution in [0.4, 0.5) is 5.69 Å². The number of anilines is 1. The molecule has 0 bridgehead atoms. The van der Waals surface area contributed by atoms with E-state index < -0.39 is 17.7 Å². The van der Waals surface area contributed by atoms with Gasteiger partial charge in [0.15, 0.2) is 11.5 Å². The molecule has 1 atom stereocenters. The Hall–Kier alpha value is -3.78. The Bertz CT molecular complexity index is 1410. The van der Waals surface area contributed by atoms with E-state index in [9.17, 15) is 14.7 Å². The van der Waals surface area contributed by atoms with Gasteiger partial charge in [0.05, 0.1) is 36.9 Å². The average molecular weight is 566 g/mol. The molecule has 7 nitrogen and oxygen atoms in total. The molecule has 0 aromatic heterocycles. The Kier molecular flexibility index (Phi) is 7.59. The first-order chi connectivity index (χ1) is 17.7. The molecule has 1 unspecified atom stereocenters. The van der Waals surface area contributed by atoms with Crippen molar-refractivity contribution in [2.75, 3.05) is 25.7 Å². The number of hydrogen-bond donors (Lipinski definition) is 1. The summed E-state index contributed by atoms with van der Waals surface area (Å²) in [6, 6.07) is 15.0. The normalized spacial score (nSPS) is 16.7. The monoisotopic (exact) mass is 565 g/mol. The number of carbonyl (C=O) groups is 2. The lowest BCUT2D eigenvalue weighted by molar-refractivity contribution is -0.132. The molecule has 1 saturated heterocycles. The second-order valence-corrected chi connectivity index (χ2v) is 9.51. The fraction of sp³-hybridized carbons (Fsp3) is 0.241. The first-order valence-corrected chi connectivity index (χ1v) is 12.5. The van der Waals surface area contributed by atoms with Crippen molar-refractivity contribution < 1.29 is 28.9 Å². The molecule has 0 radical (unpaired) electrons. The van der Waals surface area contributed by atoms with Crippen LogP contribution in [0, 0.1) is 13.8 Å². The Labute approximate surface area is 224 Å². The van der Waals surface area contributed by atoms with Crippen LogP contribution in [-0.4, -0.2) is 37.6 Å². The summed E-state index contributed by atoms with van der Waals surface area (Å²) in [5.74, 6) is -0.217. The van der Waals surface area contributed by atoms with Gasteiger partial charge in [0.2, 0.25) is 0 Å². The first kappa shape index (κ1) is 26.3. The maximum atomic E-state index is 13.5. The second kappa shape index (κ2) is 10.7. The number of halogens is 1. The van der Waals surface area contributed by atoms with Crippen LogP contribution < -0.4 is 19.1 Å². The molecule has 3 aromatic carbocycles. The molecule has 3 aromatic rings. The predicted octanol–water partition coefficient (Wildman–Crippen LogP) is 6.11. The van der Waals surface area contributed by atoms with E-state index in [1.165, 1.54) is 12.0 Å². The average Bonchev–Trinajstić information content (AvgIpc) is 3.14. The molecule has 8 heteroatoms. The summed E-state index contributed by atoms with van der Waals surface area (Å²) >= 11 is 3.43. The third kappa shape index (κ3) is 4.81. The smallest absolute Gasteiger partial charge is 0.300 e. The molecular formula is C29H28BrNO6. The quantitative estimate of drug-likeness (QED) is 0.211. The minimum Gasteiger partial charge on any atom is -0.507 e. The molecule has 192 valence electrons. The van der Waals surface area contributed by atoms with Gasteiger partial charge in [0.25, 0.3) is 11.7 Å². The Morgan fingerprint density at radius 1 is 0.946 bits per heavy atom. The number of Topliss-reactive ketones (excluding diaryl/α,β-unsaturated/α-hetero) is 1. The molecule has 37 heavy (non-hydrogen) atoms. The number of aryl methyl sites for hydroxylation is 2. The van der Waals surface area contributed by atoms with Crippen molar-refractivity contribution >= 4 is 39.1 Å². The highest BCUT2D eigenvalue weighted by Gasteiger charge is 2.47. The van der Waals surface area contributed by atoms with Gasteiger partial charge in [-0.3, -0.25) is 14.5 Å². The van der Waals surface area contributed by atoms with E-state index in [0.29, 0.717) is 45.1 Å². The van der Waals surface area contributed by atoms with Crippen LogP contribution in [0.1, 0.15) is 35.2 Å². The largest absolute Gasteiger partial charge is 0.507 e. The maximum absolute atomic E-state index is 13.5. The van der Waals surface area contributed by atoms with Crippen LogP contribution in [0.15, 0.2) is 64.6 Å². The number of ketones is 1. The predicted molar refractivity (Wildman–Crippen MR) is 146 cm³/mol. The fourth-order valence-corrected chi connectivity index (χ4v) is 5.11. The number of methoxy groups -OCH3 is 2. The summed E-state index contributed by atoms with van der Waals surface area (Å²) in [4.78, 5) is 28.5. The number of aliphatic hydroxyl groups is 1. The number of aliphatic hydroxyl groups excluding tert-OH is 1. The summed E-state index contributed by atoms with van der Waals surface area (Å²) in [6.45, 7) is 6.10. The summed E-state index contributed by atoms with van der Waals surface area (Å²) in [5, 5.41) is 11.4. The van der Waals surface area contributed by atoms with Gasteiger partial charge in [-0.15, -0.1) is 0 Å². The van der Waals surface area contributed by atoms with Crippen LogP contribution in [0.2, 0.25) is 0 Å². The van der Waals surface area contributed by atoms with Crippen LogP contribution in [0.25, 0.3) is 5.76 Å². The number of nitrogens with zero attached hydrogens (tertiary/aromatic N) is 1. The van der Waals surface area contributed by atoms with Crippen molar-refractivity contribution in [3.8, 4) is 17.2 Å². The van der Waals surface area contributed by atoms with Crippen molar-refractivity contribution in [1.82, 2.24) is 0 Å². The highest BCUT2D eigenvalue weighted by atomic mass is 79.9. The number of carbonyl (C=O) groups excluding carboxylic acids is 2. The van der Waals surface area contributed by atoms with Crippen LogP contribution in [-0.2, 0) is 9.59 Å². The van der Waals surface area contributed by atoms with Gasteiger partial charge in [0.1, 0.15) is 11.5 Å². The lowest BCUT2D eigenvalue weighted by Gasteiger charge is -2.27. The van der Waals surface area contributed by atoms with Crippen molar-refractivity contribution in [2.45, 2.75) is 26.8 Å². The third-order valence-corrected chi connectivity index (χ3v) is 6.90. The number of rotatable bonds is 7. The van der Waals surface area contributed by atoms with Crippen molar-refractivity contribution in [3.05, 3.63) is 86.9 Å². The second-order valence-electron chi connectivity index (χ2n) is 8.65. The molecule has 1 aliphatic heterocycles. The van der Waals surface area contributed by atoms with Crippen LogP contribution in [0.3, 0.4) is 0 Å². The summed E-state index contributed by atoms with van der Waals surface area (Å²) in [6.07, 6.45) is 0. The molecule has 0 saturated carbocycles. The highest BCUT2D eigenvalue weighted by Crippen LogP contribution is 2.45. The lowest BCUT2D eigenvalue weighted by Crippen LogP contribution is -2.30. The Morgan fingerprint density at radius 2 is 1.65 bits per heavy atom. The number of benzene rings is 3. The van der Waals surface area contributed by atoms with Gasteiger partial charge < -0.3 is 19.3 Å². The van der Waals surface area contributed by atoms with Gasteiger partial charge in [-0.25, -0.2) is 0 Å². The molecule has 0 spiro atoms. The van der Waals surface area contributed by atoms with E-state index >= 15 is 0 Å². The van der Waals surface area contributed by atoms with E-state index in [-0.39, 0.29) is 11.3 Å². The topological polar surface area (TPSA) is 85.3 Å². The Balaban J connectivity index is 1.98. The van der Waals surface area contributed by atoms with E-state index in [1.54, 1.807) is 43.5 Å². The number of hydrogen-bond acceptors (Lipinski definition) is 6. The third-order valence-electron chi connectivity index (χ3n) is 6.28. The zero-order chi connectivity index (χ0) is 26.9. The van der Waals surface area contributed by atoms with Crippen LogP contribution >= 0.6 is 15.9 Å². The van der Waals surface area contributed by atoms with E-state index in [2.05, 4.69) is 15.9 Å². The van der Waals surface area contributed by atoms with Gasteiger partial charge >= 0.3 is 0 Å². The minimum atomic E-state index is -0.896. The minimum absolute atomic E-state index is 0.0188. The molecule has 1 N–H and O–H groups in total. The van der Waals surface area contributed by atoms with E-state index in [0.717, 1.165) is 11.1 Å². The van der Waals surface area contributed by atoms with Gasteiger partial charge in [0, 0.05) is 11.3 Å². The molecule has 1 aliphatic rings. The van der Waals surface area contributed by atoms with Gasteiger partial charge in [-0.05, 0) is 84.2 Å². The fourth-order valence-electron chi connectivity index (χ4n) is 4.57. The number of ether oxygens (including phenoxy) is 3. The summed E-state index contributed by atoms with van der Waals surface area (Å²) in [7, 11) is 3.08. The highest BCUT2D eigenvalue weighted by molar-refractivity contribution is 9.10. The molecule has 1 amide bonds. The molecule has 1 fully saturated rings. The number of amides is 1. The zero-order valence-corrected chi connectivity index (χ0v) is 22.9. The van der Waals surface area contributed by atoms with Crippen molar-refractivity contribution in [3.63, 3.8) is 0 Å².